The molecule has 15 heavy (non-hydrogen) atoms. The number of rotatable bonds is 3. The van der Waals surface area contributed by atoms with Crippen LogP contribution in [0.5, 0.6) is 0 Å². The Labute approximate surface area is 87.3 Å². The van der Waals surface area contributed by atoms with Gasteiger partial charge in [0.15, 0.2) is 5.82 Å². The minimum atomic E-state index is -0.496. The summed E-state index contributed by atoms with van der Waals surface area (Å²) in [6, 6.07) is 3.75. The lowest BCUT2D eigenvalue weighted by molar-refractivity contribution is 0.189. The number of aliphatic hydroxyl groups is 1. The third-order valence-electron chi connectivity index (χ3n) is 2.17. The molecule has 2 aromatic heterocycles. The summed E-state index contributed by atoms with van der Waals surface area (Å²) in [5.74, 6) is 1.17. The summed E-state index contributed by atoms with van der Waals surface area (Å²) in [7, 11) is 0. The molecule has 0 radical (unpaired) electrons. The van der Waals surface area contributed by atoms with Crippen molar-refractivity contribution in [2.45, 2.75) is 26.5 Å². The van der Waals surface area contributed by atoms with Gasteiger partial charge >= 0.3 is 0 Å². The van der Waals surface area contributed by atoms with E-state index >= 15 is 0 Å². The van der Waals surface area contributed by atoms with Crippen molar-refractivity contribution in [3.8, 4) is 0 Å². The van der Waals surface area contributed by atoms with Gasteiger partial charge in [0, 0.05) is 11.9 Å². The predicted molar refractivity (Wildman–Crippen MR) is 53.2 cm³/mol. The highest BCUT2D eigenvalue weighted by atomic mass is 16.5. The Hall–Kier alpha value is -1.62. The zero-order valence-corrected chi connectivity index (χ0v) is 8.71. The first-order valence-corrected chi connectivity index (χ1v) is 4.79. The van der Waals surface area contributed by atoms with Gasteiger partial charge in [-0.1, -0.05) is 5.16 Å². The number of aromatic nitrogens is 3. The average molecular weight is 207 g/mol. The van der Waals surface area contributed by atoms with E-state index in [-0.39, 0.29) is 0 Å². The Morgan fingerprint density at radius 3 is 3.00 bits per heavy atom. The van der Waals surface area contributed by atoms with E-state index in [1.54, 1.807) is 13.8 Å². The van der Waals surface area contributed by atoms with Gasteiger partial charge in [0.2, 0.25) is 5.89 Å². The Morgan fingerprint density at radius 2 is 2.40 bits per heavy atom. The van der Waals surface area contributed by atoms with Gasteiger partial charge in [-0.05, 0) is 26.0 Å². The van der Waals surface area contributed by atoms with Crippen LogP contribution in [-0.2, 0) is 6.54 Å². The highest BCUT2D eigenvalue weighted by molar-refractivity contribution is 5.10. The van der Waals surface area contributed by atoms with E-state index in [2.05, 4.69) is 10.1 Å². The van der Waals surface area contributed by atoms with E-state index in [1.807, 2.05) is 22.9 Å². The van der Waals surface area contributed by atoms with E-state index in [0.717, 1.165) is 5.69 Å². The molecular weight excluding hydrogens is 194 g/mol. The van der Waals surface area contributed by atoms with Gasteiger partial charge in [-0.3, -0.25) is 0 Å². The highest BCUT2D eigenvalue weighted by Crippen LogP contribution is 2.14. The second kappa shape index (κ2) is 3.86. The number of aryl methyl sites for hydroxylation is 1. The second-order valence-corrected chi connectivity index (χ2v) is 3.47. The fourth-order valence-electron chi connectivity index (χ4n) is 1.50. The van der Waals surface area contributed by atoms with Gasteiger partial charge in [-0.25, -0.2) is 0 Å². The van der Waals surface area contributed by atoms with Crippen molar-refractivity contribution in [2.24, 2.45) is 0 Å². The summed E-state index contributed by atoms with van der Waals surface area (Å²) in [6.07, 6.45) is 1.38. The molecule has 80 valence electrons. The minimum Gasteiger partial charge on any atom is -0.387 e. The molecule has 5 nitrogen and oxygen atoms in total. The molecule has 0 amide bonds. The molecule has 0 aromatic carbocycles. The maximum atomic E-state index is 9.49. The van der Waals surface area contributed by atoms with Gasteiger partial charge < -0.3 is 14.2 Å². The number of hydrogen-bond donors (Lipinski definition) is 1. The molecule has 0 aliphatic heterocycles. The van der Waals surface area contributed by atoms with Crippen LogP contribution in [0.2, 0.25) is 0 Å². The van der Waals surface area contributed by atoms with Crippen molar-refractivity contribution in [2.75, 3.05) is 0 Å². The fraction of sp³-hybridized carbons (Fsp3) is 0.400. The molecule has 2 aromatic rings. The highest BCUT2D eigenvalue weighted by Gasteiger charge is 2.09. The van der Waals surface area contributed by atoms with Crippen LogP contribution in [0.15, 0.2) is 22.9 Å². The van der Waals surface area contributed by atoms with Crippen LogP contribution in [0.3, 0.4) is 0 Å². The summed E-state index contributed by atoms with van der Waals surface area (Å²) in [6.45, 7) is 4.00. The van der Waals surface area contributed by atoms with Gasteiger partial charge in [-0.15, -0.1) is 0 Å². The zero-order valence-electron chi connectivity index (χ0n) is 8.71. The molecule has 0 saturated carbocycles. The average Bonchev–Trinajstić information content (AvgIpc) is 2.75. The Bertz CT molecular complexity index is 445. The van der Waals surface area contributed by atoms with Gasteiger partial charge in [-0.2, -0.15) is 4.98 Å². The van der Waals surface area contributed by atoms with Crippen LogP contribution in [0.4, 0.5) is 0 Å². The maximum absolute atomic E-state index is 9.49. The third kappa shape index (κ3) is 2.07. The van der Waals surface area contributed by atoms with E-state index < -0.39 is 6.10 Å². The number of aliphatic hydroxyl groups excluding tert-OH is 1. The molecule has 2 rings (SSSR count). The zero-order chi connectivity index (χ0) is 10.8. The molecule has 1 unspecified atom stereocenters. The first-order chi connectivity index (χ1) is 7.16. The topological polar surface area (TPSA) is 64.1 Å². The smallest absolute Gasteiger partial charge is 0.246 e. The molecule has 0 spiro atoms. The van der Waals surface area contributed by atoms with Crippen molar-refractivity contribution in [1.82, 2.24) is 14.7 Å². The first-order valence-electron chi connectivity index (χ1n) is 4.79. The van der Waals surface area contributed by atoms with Crippen molar-refractivity contribution in [1.29, 1.82) is 0 Å². The van der Waals surface area contributed by atoms with Crippen LogP contribution >= 0.6 is 0 Å². The van der Waals surface area contributed by atoms with Crippen LogP contribution in [0, 0.1) is 6.92 Å². The van der Waals surface area contributed by atoms with Gasteiger partial charge in [0.1, 0.15) is 6.54 Å². The van der Waals surface area contributed by atoms with E-state index in [9.17, 15) is 5.11 Å². The standard InChI is InChI=1S/C10H13N3O2/c1-7(14)9-4-3-5-13(9)6-10-11-8(2)12-15-10/h3-5,7,14H,6H2,1-2H3. The molecule has 2 heterocycles. The second-order valence-electron chi connectivity index (χ2n) is 3.47. The first kappa shape index (κ1) is 9.92. The van der Waals surface area contributed by atoms with E-state index in [0.29, 0.717) is 18.3 Å². The lowest BCUT2D eigenvalue weighted by atomic mass is 10.3. The van der Waals surface area contributed by atoms with Crippen LogP contribution in [0.1, 0.15) is 30.4 Å². The monoisotopic (exact) mass is 207 g/mol. The minimum absolute atomic E-state index is 0.494. The molecule has 0 saturated heterocycles. The molecule has 0 aliphatic rings. The molecule has 5 heteroatoms. The molecule has 1 N–H and O–H groups in total. The number of hydrogen-bond acceptors (Lipinski definition) is 4. The Morgan fingerprint density at radius 1 is 1.60 bits per heavy atom. The van der Waals surface area contributed by atoms with Gasteiger partial charge in [0.05, 0.1) is 6.10 Å². The largest absolute Gasteiger partial charge is 0.387 e. The summed E-state index contributed by atoms with van der Waals surface area (Å²) in [5.41, 5.74) is 0.839. The summed E-state index contributed by atoms with van der Waals surface area (Å²) >= 11 is 0. The normalized spacial score (nSPS) is 13.0. The Kier molecular flexibility index (Phi) is 2.55. The molecule has 0 aliphatic carbocycles. The summed E-state index contributed by atoms with van der Waals surface area (Å²) in [4.78, 5) is 4.11. The van der Waals surface area contributed by atoms with Crippen molar-refractivity contribution < 1.29 is 9.63 Å². The van der Waals surface area contributed by atoms with Crippen molar-refractivity contribution in [3.05, 3.63) is 35.7 Å². The molecule has 0 fully saturated rings. The molecular formula is C10H13N3O2. The van der Waals surface area contributed by atoms with Crippen molar-refractivity contribution >= 4 is 0 Å². The van der Waals surface area contributed by atoms with E-state index in [1.165, 1.54) is 0 Å². The summed E-state index contributed by atoms with van der Waals surface area (Å²) in [5, 5.41) is 13.2. The third-order valence-corrected chi connectivity index (χ3v) is 2.17. The molecule has 1 atom stereocenters. The lowest BCUT2D eigenvalue weighted by Gasteiger charge is -2.08. The van der Waals surface area contributed by atoms with Crippen molar-refractivity contribution in [3.63, 3.8) is 0 Å². The quantitative estimate of drug-likeness (QED) is 0.823. The number of nitrogens with zero attached hydrogens (tertiary/aromatic N) is 3. The fourth-order valence-corrected chi connectivity index (χ4v) is 1.50. The lowest BCUT2D eigenvalue weighted by Crippen LogP contribution is -2.05. The van der Waals surface area contributed by atoms with Crippen LogP contribution in [-0.4, -0.2) is 19.8 Å². The SMILES string of the molecule is Cc1noc(Cn2cccc2C(C)O)n1. The van der Waals surface area contributed by atoms with Crippen LogP contribution < -0.4 is 0 Å². The molecule has 0 bridgehead atoms. The Balaban J connectivity index is 2.20. The maximum Gasteiger partial charge on any atom is 0.246 e. The van der Waals surface area contributed by atoms with E-state index in [4.69, 9.17) is 4.52 Å². The van der Waals surface area contributed by atoms with Gasteiger partial charge in [0.25, 0.3) is 0 Å². The predicted octanol–water partition coefficient (Wildman–Crippen LogP) is 1.28. The van der Waals surface area contributed by atoms with Crippen LogP contribution in [0.25, 0.3) is 0 Å². The summed E-state index contributed by atoms with van der Waals surface area (Å²) < 4.78 is 6.90.